The summed E-state index contributed by atoms with van der Waals surface area (Å²) in [7, 11) is -3.67. The van der Waals surface area contributed by atoms with Gasteiger partial charge in [0.1, 0.15) is 4.90 Å². The Bertz CT molecular complexity index is 1000. The number of benzene rings is 1. The number of hydrogen-bond donors (Lipinski definition) is 1. The van der Waals surface area contributed by atoms with Gasteiger partial charge < -0.3 is 19.7 Å². The van der Waals surface area contributed by atoms with Crippen molar-refractivity contribution >= 4 is 21.8 Å². The summed E-state index contributed by atoms with van der Waals surface area (Å²) in [6, 6.07) is 7.16. The highest BCUT2D eigenvalue weighted by molar-refractivity contribution is 7.90. The van der Waals surface area contributed by atoms with Gasteiger partial charge in [0.15, 0.2) is 5.84 Å². The van der Waals surface area contributed by atoms with Crippen molar-refractivity contribution in [2.24, 2.45) is 16.2 Å². The largest absolute Gasteiger partial charge is 0.381 e. The Morgan fingerprint density at radius 2 is 1.94 bits per heavy atom. The van der Waals surface area contributed by atoms with Crippen LogP contribution in [0.2, 0.25) is 0 Å². The van der Waals surface area contributed by atoms with Crippen molar-refractivity contribution in [3.63, 3.8) is 0 Å². The van der Waals surface area contributed by atoms with Crippen LogP contribution in [0.3, 0.4) is 0 Å². The number of amides is 1. The summed E-state index contributed by atoms with van der Waals surface area (Å²) in [5.41, 5.74) is 0.632. The lowest BCUT2D eigenvalue weighted by Crippen LogP contribution is -2.53. The molecule has 4 heterocycles. The van der Waals surface area contributed by atoms with Crippen LogP contribution in [0.4, 0.5) is 0 Å². The lowest BCUT2D eigenvalue weighted by molar-refractivity contribution is -0.126. The minimum absolute atomic E-state index is 0.0339. The Morgan fingerprint density at radius 1 is 1.12 bits per heavy atom. The maximum Gasteiger partial charge on any atom is 0.285 e. The summed E-state index contributed by atoms with van der Waals surface area (Å²) in [4.78, 5) is 17.8. The number of rotatable bonds is 5. The first-order valence-corrected chi connectivity index (χ1v) is 13.3. The van der Waals surface area contributed by atoms with E-state index in [0.717, 1.165) is 58.8 Å². The average Bonchev–Trinajstić information content (AvgIpc) is 3.47. The van der Waals surface area contributed by atoms with E-state index < -0.39 is 10.0 Å². The van der Waals surface area contributed by atoms with Gasteiger partial charge in [-0.1, -0.05) is 12.1 Å². The number of carbonyl (C=O) groups excluding carboxylic acids is 1. The Morgan fingerprint density at radius 3 is 2.73 bits per heavy atom. The van der Waals surface area contributed by atoms with Gasteiger partial charge in [0.05, 0.1) is 25.7 Å². The maximum atomic E-state index is 13.2. The van der Waals surface area contributed by atoms with Crippen LogP contribution in [0.5, 0.6) is 0 Å². The maximum absolute atomic E-state index is 13.2. The predicted octanol–water partition coefficient (Wildman–Crippen LogP) is 0.701. The Balaban J connectivity index is 1.24. The van der Waals surface area contributed by atoms with Crippen molar-refractivity contribution in [3.05, 3.63) is 29.8 Å². The van der Waals surface area contributed by atoms with E-state index in [-0.39, 0.29) is 22.8 Å². The molecule has 10 heteroatoms. The van der Waals surface area contributed by atoms with Crippen LogP contribution in [0.1, 0.15) is 24.8 Å². The van der Waals surface area contributed by atoms with Crippen molar-refractivity contribution in [3.8, 4) is 0 Å². The van der Waals surface area contributed by atoms with Crippen LogP contribution in [-0.2, 0) is 24.3 Å². The molecule has 0 spiro atoms. The third-order valence-electron chi connectivity index (χ3n) is 7.21. The first-order valence-electron chi connectivity index (χ1n) is 11.9. The average molecular weight is 477 g/mol. The molecular formula is C23H32N4O5S. The first-order chi connectivity index (χ1) is 16.0. The number of ether oxygens (including phenoxy) is 2. The normalized spacial score (nSPS) is 28.2. The summed E-state index contributed by atoms with van der Waals surface area (Å²) < 4.78 is 40.1. The number of nitrogens with one attached hydrogen (secondary N) is 1. The molecule has 3 saturated heterocycles. The molecule has 0 aliphatic carbocycles. The van der Waals surface area contributed by atoms with Crippen molar-refractivity contribution in [2.45, 2.75) is 30.2 Å². The van der Waals surface area contributed by atoms with Gasteiger partial charge in [0.2, 0.25) is 5.91 Å². The highest BCUT2D eigenvalue weighted by Crippen LogP contribution is 2.30. The molecular weight excluding hydrogens is 444 g/mol. The number of sulfonamides is 1. The number of amidine groups is 1. The Kier molecular flexibility index (Phi) is 6.69. The third kappa shape index (κ3) is 4.80. The summed E-state index contributed by atoms with van der Waals surface area (Å²) in [6.45, 7) is 6.49. The molecule has 0 saturated carbocycles. The van der Waals surface area contributed by atoms with E-state index >= 15 is 0 Å². The van der Waals surface area contributed by atoms with Crippen LogP contribution >= 0.6 is 0 Å². The number of likely N-dealkylation sites (tertiary alicyclic amines) is 1. The molecule has 4 aliphatic heterocycles. The zero-order chi connectivity index (χ0) is 22.8. The van der Waals surface area contributed by atoms with Crippen LogP contribution in [0.25, 0.3) is 0 Å². The summed E-state index contributed by atoms with van der Waals surface area (Å²) in [6.07, 6.45) is 2.63. The fraction of sp³-hybridized carbons (Fsp3) is 0.652. The third-order valence-corrected chi connectivity index (χ3v) is 8.54. The minimum atomic E-state index is -3.67. The smallest absolute Gasteiger partial charge is 0.285 e. The predicted molar refractivity (Wildman–Crippen MR) is 123 cm³/mol. The summed E-state index contributed by atoms with van der Waals surface area (Å²) in [5.74, 6) is 0.729. The van der Waals surface area contributed by atoms with E-state index in [1.807, 2.05) is 11.0 Å². The number of nitrogens with zero attached hydrogens (tertiary/aromatic N) is 3. The van der Waals surface area contributed by atoms with Crippen molar-refractivity contribution in [1.29, 1.82) is 0 Å². The van der Waals surface area contributed by atoms with Gasteiger partial charge >= 0.3 is 0 Å². The number of hydrogen-bond acceptors (Lipinski definition) is 7. The van der Waals surface area contributed by atoms with Crippen LogP contribution in [-0.4, -0.2) is 95.2 Å². The molecule has 9 nitrogen and oxygen atoms in total. The Labute approximate surface area is 195 Å². The van der Waals surface area contributed by atoms with E-state index in [1.165, 1.54) is 0 Å². The fourth-order valence-electron chi connectivity index (χ4n) is 5.41. The van der Waals surface area contributed by atoms with Gasteiger partial charge in [0, 0.05) is 56.9 Å². The molecule has 3 fully saturated rings. The first kappa shape index (κ1) is 22.8. The highest BCUT2D eigenvalue weighted by atomic mass is 32.2. The van der Waals surface area contributed by atoms with Crippen molar-refractivity contribution in [1.82, 2.24) is 15.1 Å². The van der Waals surface area contributed by atoms with E-state index in [0.29, 0.717) is 37.0 Å². The van der Waals surface area contributed by atoms with Gasteiger partial charge in [-0.15, -0.1) is 4.40 Å². The molecule has 33 heavy (non-hydrogen) atoms. The second-order valence-electron chi connectivity index (χ2n) is 9.26. The zero-order valence-corrected chi connectivity index (χ0v) is 19.6. The number of carbonyl (C=O) groups is 1. The lowest BCUT2D eigenvalue weighted by atomic mass is 9.94. The second kappa shape index (κ2) is 9.69. The highest BCUT2D eigenvalue weighted by Gasteiger charge is 2.36. The van der Waals surface area contributed by atoms with Crippen LogP contribution in [0.15, 0.2) is 33.6 Å². The van der Waals surface area contributed by atoms with Gasteiger partial charge in [-0.3, -0.25) is 9.69 Å². The lowest BCUT2D eigenvalue weighted by Gasteiger charge is -2.38. The SMILES string of the molecule is O=C(NCC(C1CCOC1)N1CCOCC1)C1CCCN(C2=NS(=O)(=O)c3ccccc32)C1. The molecule has 5 rings (SSSR count). The minimum Gasteiger partial charge on any atom is -0.381 e. The number of morpholine rings is 1. The molecule has 3 unspecified atom stereocenters. The molecule has 1 amide bonds. The van der Waals surface area contributed by atoms with Crippen molar-refractivity contribution < 1.29 is 22.7 Å². The van der Waals surface area contributed by atoms with Crippen LogP contribution < -0.4 is 5.32 Å². The number of piperidine rings is 1. The molecule has 1 aromatic carbocycles. The quantitative estimate of drug-likeness (QED) is 0.668. The van der Waals surface area contributed by atoms with Gasteiger partial charge in [0.25, 0.3) is 10.0 Å². The van der Waals surface area contributed by atoms with E-state index in [1.54, 1.807) is 18.2 Å². The molecule has 0 bridgehead atoms. The summed E-state index contributed by atoms with van der Waals surface area (Å²) in [5, 5.41) is 3.21. The standard InChI is InChI=1S/C23H32N4O5S/c28-23(24-14-20(18-7-11-32-16-18)26-9-12-31-13-10-26)17-4-3-8-27(15-17)22-19-5-1-2-6-21(19)33(29,30)25-22/h1-2,5-6,17-18,20H,3-4,7-16H2,(H,24,28). The van der Waals surface area contributed by atoms with Gasteiger partial charge in [-0.25, -0.2) is 0 Å². The molecule has 0 radical (unpaired) electrons. The topological polar surface area (TPSA) is 101 Å². The molecule has 1 N–H and O–H groups in total. The fourth-order valence-corrected chi connectivity index (χ4v) is 6.64. The van der Waals surface area contributed by atoms with E-state index in [2.05, 4.69) is 14.6 Å². The van der Waals surface area contributed by atoms with Crippen molar-refractivity contribution in [2.75, 3.05) is 59.2 Å². The van der Waals surface area contributed by atoms with Gasteiger partial charge in [-0.05, 0) is 31.4 Å². The summed E-state index contributed by atoms with van der Waals surface area (Å²) >= 11 is 0. The monoisotopic (exact) mass is 476 g/mol. The molecule has 3 atom stereocenters. The number of fused-ring (bicyclic) bond motifs is 1. The molecule has 4 aliphatic rings. The molecule has 1 aromatic rings. The van der Waals surface area contributed by atoms with Gasteiger partial charge in [-0.2, -0.15) is 8.42 Å². The zero-order valence-electron chi connectivity index (χ0n) is 18.8. The van der Waals surface area contributed by atoms with Crippen LogP contribution in [0, 0.1) is 11.8 Å². The van der Waals surface area contributed by atoms with E-state index in [9.17, 15) is 13.2 Å². The Hall–Kier alpha value is -2.01. The molecule has 180 valence electrons. The van der Waals surface area contributed by atoms with E-state index in [4.69, 9.17) is 9.47 Å². The molecule has 0 aromatic heterocycles. The second-order valence-corrected chi connectivity index (χ2v) is 10.8.